The fourth-order valence-corrected chi connectivity index (χ4v) is 4.91. The van der Waals surface area contributed by atoms with E-state index < -0.39 is 25.7 Å². The van der Waals surface area contributed by atoms with Gasteiger partial charge in [-0.25, -0.2) is 31.7 Å². The number of hydrogen-bond acceptors (Lipinski definition) is 8. The Morgan fingerprint density at radius 3 is 2.38 bits per heavy atom. The van der Waals surface area contributed by atoms with Gasteiger partial charge in [0.25, 0.3) is 0 Å². The van der Waals surface area contributed by atoms with Crippen LogP contribution in [0.4, 0.5) is 11.4 Å². The first kappa shape index (κ1) is 25.7. The van der Waals surface area contributed by atoms with Gasteiger partial charge in [-0.05, 0) is 56.2 Å². The molecule has 1 aliphatic rings. The van der Waals surface area contributed by atoms with Crippen molar-refractivity contribution in [2.24, 2.45) is 10.1 Å². The van der Waals surface area contributed by atoms with Crippen LogP contribution in [0.25, 0.3) is 0 Å². The molecular weight excluding hydrogens is 476 g/mol. The number of guanidine groups is 1. The summed E-state index contributed by atoms with van der Waals surface area (Å²) in [5, 5.41) is 14.9. The number of nitrogens with two attached hydrogens (primary N) is 1. The standard InChI is InChI=1S/C22H30N6O4S2/c1-4-33(29,30)25-13-12-22(27-18-8-6-5-7-9-18)17(3)15-24-21(28-22)26-19-11-10-16(2)20(14-19)34(23,31)32/h5-11,14-15,25,27H,4,12-13H2,1-3H3,(H2,23,31,32)(H2,24,26,28). The van der Waals surface area contributed by atoms with Gasteiger partial charge in [0.15, 0.2) is 5.66 Å². The van der Waals surface area contributed by atoms with E-state index in [-0.39, 0.29) is 17.2 Å². The first-order chi connectivity index (χ1) is 15.9. The fourth-order valence-electron chi connectivity index (χ4n) is 3.48. The number of sulfonamides is 2. The molecule has 2 aromatic rings. The SMILES string of the molecule is CCS(=O)(=O)NCCC1(Nc2ccccc2)N=C(Nc2ccc(C)c(S(N)(=O)=O)c2)NC=C1C. The minimum Gasteiger partial charge on any atom is -0.358 e. The summed E-state index contributed by atoms with van der Waals surface area (Å²) in [5.74, 6) is 0.342. The summed E-state index contributed by atoms with van der Waals surface area (Å²) >= 11 is 0. The van der Waals surface area contributed by atoms with Crippen LogP contribution >= 0.6 is 0 Å². The number of nitrogens with one attached hydrogen (secondary N) is 4. The highest BCUT2D eigenvalue weighted by Gasteiger charge is 2.35. The van der Waals surface area contributed by atoms with Gasteiger partial charge in [0.2, 0.25) is 26.0 Å². The van der Waals surface area contributed by atoms with E-state index in [9.17, 15) is 16.8 Å². The predicted molar refractivity (Wildman–Crippen MR) is 135 cm³/mol. The quantitative estimate of drug-likeness (QED) is 0.349. The molecule has 6 N–H and O–H groups in total. The van der Waals surface area contributed by atoms with Crippen LogP contribution in [0.1, 0.15) is 25.8 Å². The summed E-state index contributed by atoms with van der Waals surface area (Å²) in [6, 6.07) is 14.3. The molecule has 1 atom stereocenters. The fraction of sp³-hybridized carbons (Fsp3) is 0.318. The molecule has 10 nitrogen and oxygen atoms in total. The van der Waals surface area contributed by atoms with Gasteiger partial charge in [-0.1, -0.05) is 24.3 Å². The van der Waals surface area contributed by atoms with Gasteiger partial charge in [0.05, 0.1) is 10.6 Å². The molecule has 0 bridgehead atoms. The summed E-state index contributed by atoms with van der Waals surface area (Å²) in [6.07, 6.45) is 2.10. The van der Waals surface area contributed by atoms with Crippen LogP contribution in [0.2, 0.25) is 0 Å². The predicted octanol–water partition coefficient (Wildman–Crippen LogP) is 2.06. The zero-order valence-electron chi connectivity index (χ0n) is 19.3. The molecule has 12 heteroatoms. The monoisotopic (exact) mass is 506 g/mol. The maximum Gasteiger partial charge on any atom is 0.238 e. The topological polar surface area (TPSA) is 155 Å². The van der Waals surface area contributed by atoms with E-state index in [1.807, 2.05) is 37.3 Å². The van der Waals surface area contributed by atoms with Crippen LogP contribution in [0.5, 0.6) is 0 Å². The highest BCUT2D eigenvalue weighted by molar-refractivity contribution is 7.89. The zero-order valence-corrected chi connectivity index (χ0v) is 20.9. The Morgan fingerprint density at radius 1 is 1.03 bits per heavy atom. The van der Waals surface area contributed by atoms with Crippen molar-refractivity contribution in [2.45, 2.75) is 37.8 Å². The van der Waals surface area contributed by atoms with E-state index in [4.69, 9.17) is 10.1 Å². The van der Waals surface area contributed by atoms with Crippen LogP contribution in [0.3, 0.4) is 0 Å². The molecule has 184 valence electrons. The molecule has 0 aliphatic carbocycles. The molecular formula is C22H30N6O4S2. The second kappa shape index (κ2) is 10.1. The number of hydrogen-bond donors (Lipinski definition) is 5. The van der Waals surface area contributed by atoms with Gasteiger partial charge in [-0.2, -0.15) is 0 Å². The maximum atomic E-state index is 12.0. The molecule has 1 heterocycles. The first-order valence-corrected chi connectivity index (χ1v) is 13.9. The van der Waals surface area contributed by atoms with Gasteiger partial charge in [0.1, 0.15) is 0 Å². The Labute approximate surface area is 200 Å². The van der Waals surface area contributed by atoms with Crippen molar-refractivity contribution in [1.82, 2.24) is 10.0 Å². The van der Waals surface area contributed by atoms with E-state index in [0.717, 1.165) is 11.3 Å². The van der Waals surface area contributed by atoms with Crippen molar-refractivity contribution in [2.75, 3.05) is 22.9 Å². The highest BCUT2D eigenvalue weighted by Crippen LogP contribution is 2.30. The van der Waals surface area contributed by atoms with Crippen LogP contribution < -0.4 is 25.8 Å². The summed E-state index contributed by atoms with van der Waals surface area (Å²) < 4.78 is 50.3. The Hall–Kier alpha value is -2.93. The molecule has 0 amide bonds. The second-order valence-corrected chi connectivity index (χ2v) is 11.6. The van der Waals surface area contributed by atoms with Crippen LogP contribution in [-0.2, 0) is 20.0 Å². The molecule has 2 aromatic carbocycles. The number of rotatable bonds is 9. The first-order valence-electron chi connectivity index (χ1n) is 10.7. The summed E-state index contributed by atoms with van der Waals surface area (Å²) in [4.78, 5) is 4.86. The lowest BCUT2D eigenvalue weighted by molar-refractivity contribution is 0.502. The molecule has 0 saturated heterocycles. The van der Waals surface area contributed by atoms with E-state index in [2.05, 4.69) is 20.7 Å². The average molecular weight is 507 g/mol. The molecule has 0 saturated carbocycles. The van der Waals surface area contributed by atoms with Crippen molar-refractivity contribution in [3.8, 4) is 0 Å². The Morgan fingerprint density at radius 2 is 1.74 bits per heavy atom. The van der Waals surface area contributed by atoms with Gasteiger partial charge in [0, 0.05) is 30.5 Å². The summed E-state index contributed by atoms with van der Waals surface area (Å²) in [6.45, 7) is 5.30. The largest absolute Gasteiger partial charge is 0.358 e. The van der Waals surface area contributed by atoms with Crippen LogP contribution in [0.15, 0.2) is 70.2 Å². The summed E-state index contributed by atoms with van der Waals surface area (Å²) in [7, 11) is -7.26. The third kappa shape index (κ3) is 6.35. The van der Waals surface area contributed by atoms with Gasteiger partial charge in [-0.15, -0.1) is 0 Å². The number of primary sulfonamides is 1. The normalized spacial score (nSPS) is 18.5. The molecule has 0 radical (unpaired) electrons. The Balaban J connectivity index is 1.94. The Bertz CT molecular complexity index is 1310. The van der Waals surface area contributed by atoms with E-state index in [0.29, 0.717) is 23.6 Å². The number of benzene rings is 2. The van der Waals surface area contributed by atoms with Crippen molar-refractivity contribution < 1.29 is 16.8 Å². The van der Waals surface area contributed by atoms with Crippen molar-refractivity contribution in [1.29, 1.82) is 0 Å². The molecule has 0 fully saturated rings. The highest BCUT2D eigenvalue weighted by atomic mass is 32.2. The van der Waals surface area contributed by atoms with Gasteiger partial charge >= 0.3 is 0 Å². The lowest BCUT2D eigenvalue weighted by Crippen LogP contribution is -2.47. The second-order valence-electron chi connectivity index (χ2n) is 7.98. The molecule has 0 aromatic heterocycles. The smallest absolute Gasteiger partial charge is 0.238 e. The molecule has 3 rings (SSSR count). The number of aryl methyl sites for hydroxylation is 1. The number of anilines is 2. The van der Waals surface area contributed by atoms with Crippen molar-refractivity contribution in [3.05, 3.63) is 65.9 Å². The number of aliphatic imine (C=N–C) groups is 1. The van der Waals surface area contributed by atoms with Gasteiger partial charge in [-0.3, -0.25) is 0 Å². The van der Waals surface area contributed by atoms with E-state index in [1.54, 1.807) is 32.2 Å². The van der Waals surface area contributed by atoms with Crippen LogP contribution in [-0.4, -0.2) is 40.8 Å². The molecule has 1 unspecified atom stereocenters. The maximum absolute atomic E-state index is 12.0. The summed E-state index contributed by atoms with van der Waals surface area (Å²) in [5.41, 5.74) is 1.70. The Kier molecular flexibility index (Phi) is 7.66. The molecule has 34 heavy (non-hydrogen) atoms. The van der Waals surface area contributed by atoms with E-state index >= 15 is 0 Å². The van der Waals surface area contributed by atoms with Crippen LogP contribution in [0, 0.1) is 6.92 Å². The minimum atomic E-state index is -3.89. The minimum absolute atomic E-state index is 0.0155. The third-order valence-electron chi connectivity index (χ3n) is 5.45. The molecule has 1 aliphatic heterocycles. The van der Waals surface area contributed by atoms with E-state index in [1.165, 1.54) is 6.07 Å². The average Bonchev–Trinajstić information content (AvgIpc) is 2.77. The van der Waals surface area contributed by atoms with Crippen molar-refractivity contribution >= 4 is 37.4 Å². The third-order valence-corrected chi connectivity index (χ3v) is 7.91. The zero-order chi connectivity index (χ0) is 25.0. The lowest BCUT2D eigenvalue weighted by Gasteiger charge is -2.36. The van der Waals surface area contributed by atoms with Crippen molar-refractivity contribution in [3.63, 3.8) is 0 Å². The number of para-hydroxylation sites is 1. The lowest BCUT2D eigenvalue weighted by atomic mass is 9.96. The number of nitrogens with zero attached hydrogens (tertiary/aromatic N) is 1. The molecule has 0 spiro atoms. The van der Waals surface area contributed by atoms with Gasteiger partial charge < -0.3 is 16.0 Å².